The number of hydrogen-bond acceptors (Lipinski definition) is 13. The lowest BCUT2D eigenvalue weighted by molar-refractivity contribution is -0.135. The number of piperidine rings is 2. The third-order valence-corrected chi connectivity index (χ3v) is 16.2. The fourth-order valence-corrected chi connectivity index (χ4v) is 12.3. The lowest BCUT2D eigenvalue weighted by Crippen LogP contribution is -2.53. The summed E-state index contributed by atoms with van der Waals surface area (Å²) in [7, 11) is -1.10. The molecular weight excluding hydrogens is 977 g/mol. The molecule has 6 aromatic rings. The molecule has 1 unspecified atom stereocenters. The minimum Gasteiger partial charge on any atom is -0.492 e. The van der Waals surface area contributed by atoms with Crippen molar-refractivity contribution in [3.63, 3.8) is 0 Å². The number of hydrogen-bond donors (Lipinski definition) is 3. The number of anilines is 5. The second-order valence-corrected chi connectivity index (χ2v) is 22.9. The number of imide groups is 1. The van der Waals surface area contributed by atoms with E-state index in [1.807, 2.05) is 31.2 Å². The molecule has 370 valence electrons. The van der Waals surface area contributed by atoms with Gasteiger partial charge < -0.3 is 29.7 Å². The lowest BCUT2D eigenvalue weighted by atomic mass is 9.99. The number of aromatic nitrogens is 5. The molecule has 9 rings (SSSR count). The number of ether oxygens (including phenoxy) is 1. The summed E-state index contributed by atoms with van der Waals surface area (Å²) < 4.78 is 38.7. The van der Waals surface area contributed by atoms with Gasteiger partial charge in [-0.25, -0.2) is 14.2 Å². The van der Waals surface area contributed by atoms with Gasteiger partial charge in [-0.15, -0.1) is 0 Å². The van der Waals surface area contributed by atoms with Crippen molar-refractivity contribution in [3.05, 3.63) is 92.3 Å². The highest BCUT2D eigenvalue weighted by Gasteiger charge is 2.33. The van der Waals surface area contributed by atoms with Crippen LogP contribution < -0.4 is 36.6 Å². The smallest absolute Gasteiger partial charge is 0.329 e. The Morgan fingerprint density at radius 2 is 1.66 bits per heavy atom. The molecule has 3 saturated heterocycles. The predicted octanol–water partition coefficient (Wildman–Crippen LogP) is 7.65. The molecule has 19 heteroatoms. The molecule has 3 N–H and O–H groups in total. The third kappa shape index (κ3) is 10.1. The molecule has 3 aliphatic heterocycles. The number of nitrogens with one attached hydrogen (secondary N) is 3. The molecule has 0 radical (unpaired) electrons. The molecule has 2 amide bonds. The number of amides is 2. The van der Waals surface area contributed by atoms with Crippen molar-refractivity contribution in [2.75, 3.05) is 81.3 Å². The number of rotatable bonds is 15. The fraction of sp³-hybridized carbons (Fsp3) is 0.451. The lowest BCUT2D eigenvalue weighted by Gasteiger charge is -2.43. The number of carbonyl (C=O) groups excluding carboxylic acids is 2. The van der Waals surface area contributed by atoms with Crippen LogP contribution in [0.25, 0.3) is 21.9 Å². The van der Waals surface area contributed by atoms with Gasteiger partial charge in [0.25, 0.3) is 0 Å². The summed E-state index contributed by atoms with van der Waals surface area (Å²) >= 11 is 3.64. The van der Waals surface area contributed by atoms with Crippen LogP contribution >= 0.6 is 23.1 Å². The van der Waals surface area contributed by atoms with Crippen LogP contribution in [-0.2, 0) is 40.5 Å². The monoisotopic (exact) mass is 1040 g/mol. The van der Waals surface area contributed by atoms with Crippen LogP contribution in [0.2, 0.25) is 0 Å². The maximum Gasteiger partial charge on any atom is 0.329 e. The maximum atomic E-state index is 15.1. The zero-order valence-electron chi connectivity index (χ0n) is 40.8. The summed E-state index contributed by atoms with van der Waals surface area (Å²) in [6.45, 7) is 16.5. The van der Waals surface area contributed by atoms with Crippen molar-refractivity contribution in [2.24, 2.45) is 7.05 Å². The number of fused-ring (bicyclic) bond motifs is 2. The summed E-state index contributed by atoms with van der Waals surface area (Å²) in [5.41, 5.74) is 6.96. The van der Waals surface area contributed by atoms with Crippen molar-refractivity contribution >= 4 is 91.0 Å². The van der Waals surface area contributed by atoms with Gasteiger partial charge in [-0.2, -0.15) is 4.98 Å². The molecule has 16 nitrogen and oxygen atoms in total. The molecule has 1 atom stereocenters. The van der Waals surface area contributed by atoms with Crippen molar-refractivity contribution in [1.82, 2.24) is 39.2 Å². The number of halogens is 2. The number of carbonyl (C=O) groups is 2. The number of piperazine rings is 1. The number of benzene rings is 3. The topological polar surface area (TPSA) is 172 Å². The molecule has 6 heterocycles. The van der Waals surface area contributed by atoms with Gasteiger partial charge in [0.2, 0.25) is 17.8 Å². The van der Waals surface area contributed by atoms with E-state index in [2.05, 4.69) is 77.5 Å². The van der Waals surface area contributed by atoms with Crippen LogP contribution in [0, 0.1) is 5.82 Å². The van der Waals surface area contributed by atoms with Gasteiger partial charge in [0.15, 0.2) is 0 Å². The van der Waals surface area contributed by atoms with E-state index < -0.39 is 30.6 Å². The SMILES string of the molecule is CCOc1cc(N2CCC(N3CCN(CCc4cc(F)cc5c4n(C)c(=O)n5C4CCC(=O)NC4=O)CC3)CC2)c(CC)cc1Nc1ncc(Br)c(Nc2ccc3nc(CC)ccc3c2P(C)(C)=O)n1. The van der Waals surface area contributed by atoms with Gasteiger partial charge in [0, 0.05) is 99.7 Å². The Labute approximate surface area is 415 Å². The Balaban J connectivity index is 0.835. The molecule has 3 aromatic carbocycles. The number of imidazole rings is 1. The number of aryl methyl sites for hydroxylation is 3. The predicted molar refractivity (Wildman–Crippen MR) is 279 cm³/mol. The van der Waals surface area contributed by atoms with Gasteiger partial charge in [0.1, 0.15) is 30.6 Å². The van der Waals surface area contributed by atoms with Gasteiger partial charge in [-0.3, -0.25) is 33.9 Å². The summed E-state index contributed by atoms with van der Waals surface area (Å²) in [5.74, 6) is 0.268. The van der Waals surface area contributed by atoms with Gasteiger partial charge >= 0.3 is 5.69 Å². The summed E-state index contributed by atoms with van der Waals surface area (Å²) in [6, 6.07) is 14.6. The van der Waals surface area contributed by atoms with E-state index in [1.165, 1.54) is 32.5 Å². The number of nitrogens with zero attached hydrogens (tertiary/aromatic N) is 8. The molecule has 0 saturated carbocycles. The highest BCUT2D eigenvalue weighted by molar-refractivity contribution is 9.10. The first-order valence-electron chi connectivity index (χ1n) is 24.4. The highest BCUT2D eigenvalue weighted by Crippen LogP contribution is 2.43. The fourth-order valence-electron chi connectivity index (χ4n) is 10.5. The highest BCUT2D eigenvalue weighted by atomic mass is 79.9. The molecule has 3 fully saturated rings. The standard InChI is InChI=1S/C51H62BrFN11O5P/c1-7-31-27-40(57-50-54-30-37(52)48(59-50)56-39-13-12-38-36(47(39)70(5,6)68)11-10-34(8-2)55-38)44(69-9-3)29-42(31)63-20-17-35(18-21-63)62-24-22-61(23-25-62)19-16-32-26-33(53)28-43-46(32)60(4)51(67)64(43)41-14-15-45(65)58-49(41)66/h10-13,26-30,35,41H,7-9,14-25H2,1-6H3,(H,58,65,66)(H2,54,56,57,59). The molecule has 3 aliphatic rings. The average Bonchev–Trinajstić information content (AvgIpc) is 3.59. The van der Waals surface area contributed by atoms with Crippen LogP contribution in [0.4, 0.5) is 33.2 Å². The summed E-state index contributed by atoms with van der Waals surface area (Å²) in [5, 5.41) is 10.8. The first kappa shape index (κ1) is 49.3. The van der Waals surface area contributed by atoms with Crippen molar-refractivity contribution < 1.29 is 23.3 Å². The van der Waals surface area contributed by atoms with Gasteiger partial charge in [-0.1, -0.05) is 19.9 Å². The van der Waals surface area contributed by atoms with Crippen LogP contribution in [0.1, 0.15) is 69.3 Å². The van der Waals surface area contributed by atoms with Gasteiger partial charge in [0.05, 0.1) is 39.0 Å². The van der Waals surface area contributed by atoms with Crippen molar-refractivity contribution in [3.8, 4) is 5.75 Å². The van der Waals surface area contributed by atoms with Crippen LogP contribution in [0.15, 0.2) is 64.0 Å². The van der Waals surface area contributed by atoms with Crippen LogP contribution in [0.3, 0.4) is 0 Å². The average molecular weight is 1040 g/mol. The molecule has 0 bridgehead atoms. The Hall–Kier alpha value is -5.68. The first-order valence-corrected chi connectivity index (χ1v) is 27.8. The second kappa shape index (κ2) is 20.6. The zero-order chi connectivity index (χ0) is 49.4. The Kier molecular flexibility index (Phi) is 14.5. The van der Waals surface area contributed by atoms with Crippen molar-refractivity contribution in [2.45, 2.75) is 77.8 Å². The zero-order valence-corrected chi connectivity index (χ0v) is 43.3. The van der Waals surface area contributed by atoms with E-state index in [-0.39, 0.29) is 18.7 Å². The number of pyridine rings is 1. The molecule has 70 heavy (non-hydrogen) atoms. The Morgan fingerprint density at radius 1 is 0.886 bits per heavy atom. The van der Waals surface area contributed by atoms with Crippen LogP contribution in [0.5, 0.6) is 5.75 Å². The third-order valence-electron chi connectivity index (χ3n) is 14.1. The second-order valence-electron chi connectivity index (χ2n) is 18.9. The summed E-state index contributed by atoms with van der Waals surface area (Å²) in [4.78, 5) is 59.8. The van der Waals surface area contributed by atoms with E-state index >= 15 is 4.39 Å². The first-order chi connectivity index (χ1) is 33.6. The molecule has 0 aliphatic carbocycles. The van der Waals surface area contributed by atoms with E-state index in [4.69, 9.17) is 14.7 Å². The quantitative estimate of drug-likeness (QED) is 0.0678. The molecule has 3 aromatic heterocycles. The normalized spacial score (nSPS) is 17.7. The van der Waals surface area contributed by atoms with Crippen molar-refractivity contribution in [1.29, 1.82) is 0 Å². The minimum absolute atomic E-state index is 0.124. The van der Waals surface area contributed by atoms with E-state index in [1.54, 1.807) is 26.6 Å². The largest absolute Gasteiger partial charge is 0.492 e. The van der Waals surface area contributed by atoms with E-state index in [0.29, 0.717) is 58.6 Å². The van der Waals surface area contributed by atoms with Gasteiger partial charge in [-0.05, 0) is 122 Å². The minimum atomic E-state index is -2.75. The van der Waals surface area contributed by atoms with E-state index in [0.717, 1.165) is 104 Å². The van der Waals surface area contributed by atoms with E-state index in [9.17, 15) is 18.9 Å². The Morgan fingerprint density at radius 3 is 2.36 bits per heavy atom. The van der Waals surface area contributed by atoms with Crippen LogP contribution in [-0.4, -0.2) is 117 Å². The summed E-state index contributed by atoms with van der Waals surface area (Å²) in [6.07, 6.45) is 6.29. The molecular formula is C51H62BrFN11O5P. The maximum absolute atomic E-state index is 15.1. The Bertz CT molecular complexity index is 3090. The molecule has 0 spiro atoms.